The Morgan fingerprint density at radius 1 is 0.950 bits per heavy atom. The molecular formula is C16H16IO3. The van der Waals surface area contributed by atoms with Crippen molar-refractivity contribution in [1.82, 2.24) is 0 Å². The van der Waals surface area contributed by atoms with Gasteiger partial charge in [0.15, 0.2) is 11.5 Å². The fraction of sp³-hybridized carbons (Fsp3) is 0.250. The van der Waals surface area contributed by atoms with Crippen LogP contribution in [0, 0.1) is 9.64 Å². The SMILES string of the molecule is COc1c[c]c(Cc2ccc(I)cc2)c(OC)c1OC. The average Bonchev–Trinajstić information content (AvgIpc) is 2.48. The molecule has 0 atom stereocenters. The molecule has 0 heterocycles. The molecule has 2 aromatic carbocycles. The van der Waals surface area contributed by atoms with E-state index in [0.29, 0.717) is 17.2 Å². The molecule has 4 heteroatoms. The van der Waals surface area contributed by atoms with Gasteiger partial charge in [0, 0.05) is 15.6 Å². The van der Waals surface area contributed by atoms with Crippen LogP contribution < -0.4 is 14.2 Å². The fourth-order valence-electron chi connectivity index (χ4n) is 2.03. The summed E-state index contributed by atoms with van der Waals surface area (Å²) in [5.74, 6) is 1.90. The van der Waals surface area contributed by atoms with Crippen molar-refractivity contribution >= 4 is 22.6 Å². The highest BCUT2D eigenvalue weighted by Crippen LogP contribution is 2.40. The molecule has 0 unspecified atom stereocenters. The van der Waals surface area contributed by atoms with E-state index in [1.54, 1.807) is 27.4 Å². The molecule has 0 spiro atoms. The first-order valence-corrected chi connectivity index (χ1v) is 7.21. The topological polar surface area (TPSA) is 27.7 Å². The number of rotatable bonds is 5. The van der Waals surface area contributed by atoms with Crippen LogP contribution in [0.3, 0.4) is 0 Å². The molecule has 0 saturated carbocycles. The van der Waals surface area contributed by atoms with Crippen molar-refractivity contribution in [2.45, 2.75) is 6.42 Å². The molecule has 0 aliphatic carbocycles. The van der Waals surface area contributed by atoms with Gasteiger partial charge in [0.05, 0.1) is 21.3 Å². The molecule has 2 aromatic rings. The summed E-state index contributed by atoms with van der Waals surface area (Å²) < 4.78 is 17.3. The van der Waals surface area contributed by atoms with Crippen LogP contribution in [-0.4, -0.2) is 21.3 Å². The van der Waals surface area contributed by atoms with Crippen LogP contribution in [0.25, 0.3) is 0 Å². The Morgan fingerprint density at radius 3 is 2.15 bits per heavy atom. The first-order chi connectivity index (χ1) is 9.69. The minimum Gasteiger partial charge on any atom is -0.493 e. The monoisotopic (exact) mass is 383 g/mol. The highest BCUT2D eigenvalue weighted by Gasteiger charge is 2.16. The Bertz CT molecular complexity index is 579. The third kappa shape index (κ3) is 3.17. The van der Waals surface area contributed by atoms with Crippen molar-refractivity contribution in [3.8, 4) is 17.2 Å². The lowest BCUT2D eigenvalue weighted by atomic mass is 10.0. The van der Waals surface area contributed by atoms with Crippen LogP contribution in [0.1, 0.15) is 11.1 Å². The molecule has 105 valence electrons. The zero-order chi connectivity index (χ0) is 14.5. The zero-order valence-corrected chi connectivity index (χ0v) is 13.9. The van der Waals surface area contributed by atoms with Crippen LogP contribution >= 0.6 is 22.6 Å². The lowest BCUT2D eigenvalue weighted by molar-refractivity contribution is 0.322. The van der Waals surface area contributed by atoms with Gasteiger partial charge in [-0.2, -0.15) is 0 Å². The molecule has 0 saturated heterocycles. The van der Waals surface area contributed by atoms with Crippen LogP contribution in [0.5, 0.6) is 17.2 Å². The van der Waals surface area contributed by atoms with Gasteiger partial charge in [0.1, 0.15) is 0 Å². The van der Waals surface area contributed by atoms with E-state index in [0.717, 1.165) is 12.0 Å². The van der Waals surface area contributed by atoms with Gasteiger partial charge >= 0.3 is 0 Å². The molecule has 20 heavy (non-hydrogen) atoms. The quantitative estimate of drug-likeness (QED) is 0.737. The molecule has 0 bridgehead atoms. The van der Waals surface area contributed by atoms with Crippen LogP contribution in [-0.2, 0) is 6.42 Å². The first-order valence-electron chi connectivity index (χ1n) is 6.13. The molecule has 3 nitrogen and oxygen atoms in total. The predicted octanol–water partition coefficient (Wildman–Crippen LogP) is 3.71. The van der Waals surface area contributed by atoms with Crippen LogP contribution in [0.4, 0.5) is 0 Å². The maximum absolute atomic E-state index is 5.47. The molecule has 0 aliphatic rings. The minimum atomic E-state index is 0.606. The summed E-state index contributed by atoms with van der Waals surface area (Å²) in [6.07, 6.45) is 0.737. The van der Waals surface area contributed by atoms with E-state index in [2.05, 4.69) is 52.9 Å². The number of hydrogen-bond donors (Lipinski definition) is 0. The third-order valence-corrected chi connectivity index (χ3v) is 3.72. The van der Waals surface area contributed by atoms with Gasteiger partial charge in [-0.15, -0.1) is 0 Å². The van der Waals surface area contributed by atoms with Gasteiger partial charge in [0.25, 0.3) is 0 Å². The molecule has 0 fully saturated rings. The summed E-state index contributed by atoms with van der Waals surface area (Å²) in [6, 6.07) is 13.4. The fourth-order valence-corrected chi connectivity index (χ4v) is 2.39. The van der Waals surface area contributed by atoms with Crippen molar-refractivity contribution in [3.63, 3.8) is 0 Å². The van der Waals surface area contributed by atoms with Crippen LogP contribution in [0.15, 0.2) is 30.3 Å². The summed E-state index contributed by atoms with van der Waals surface area (Å²) in [4.78, 5) is 0. The smallest absolute Gasteiger partial charge is 0.203 e. The summed E-state index contributed by atoms with van der Waals surface area (Å²) in [5, 5.41) is 0. The maximum atomic E-state index is 5.47. The van der Waals surface area contributed by atoms with E-state index in [1.807, 2.05) is 0 Å². The van der Waals surface area contributed by atoms with Gasteiger partial charge in [-0.3, -0.25) is 0 Å². The van der Waals surface area contributed by atoms with Gasteiger partial charge in [-0.1, -0.05) is 12.1 Å². The Morgan fingerprint density at radius 2 is 1.60 bits per heavy atom. The van der Waals surface area contributed by atoms with E-state index >= 15 is 0 Å². The summed E-state index contributed by atoms with van der Waals surface area (Å²) in [7, 11) is 4.83. The molecule has 0 N–H and O–H groups in total. The normalized spacial score (nSPS) is 10.2. The Balaban J connectivity index is 2.38. The van der Waals surface area contributed by atoms with E-state index in [4.69, 9.17) is 14.2 Å². The van der Waals surface area contributed by atoms with Gasteiger partial charge in [-0.25, -0.2) is 0 Å². The van der Waals surface area contributed by atoms with E-state index in [9.17, 15) is 0 Å². The van der Waals surface area contributed by atoms with Gasteiger partial charge in [-0.05, 0) is 52.4 Å². The number of halogens is 1. The summed E-state index contributed by atoms with van der Waals surface area (Å²) >= 11 is 2.29. The van der Waals surface area contributed by atoms with E-state index in [-0.39, 0.29) is 0 Å². The molecular weight excluding hydrogens is 367 g/mol. The first kappa shape index (κ1) is 15.0. The number of ether oxygens (including phenoxy) is 3. The summed E-state index contributed by atoms with van der Waals surface area (Å²) in [6.45, 7) is 0. The summed E-state index contributed by atoms with van der Waals surface area (Å²) in [5.41, 5.74) is 2.15. The molecule has 0 amide bonds. The van der Waals surface area contributed by atoms with E-state index in [1.165, 1.54) is 9.13 Å². The Labute approximate surface area is 133 Å². The molecule has 2 rings (SSSR count). The largest absolute Gasteiger partial charge is 0.493 e. The van der Waals surface area contributed by atoms with Crippen molar-refractivity contribution < 1.29 is 14.2 Å². The third-order valence-electron chi connectivity index (χ3n) is 3.00. The number of benzene rings is 2. The molecule has 1 radical (unpaired) electrons. The zero-order valence-electron chi connectivity index (χ0n) is 11.7. The highest BCUT2D eigenvalue weighted by molar-refractivity contribution is 14.1. The minimum absolute atomic E-state index is 0.606. The molecule has 0 aliphatic heterocycles. The highest BCUT2D eigenvalue weighted by atomic mass is 127. The second-order valence-electron chi connectivity index (χ2n) is 4.21. The maximum Gasteiger partial charge on any atom is 0.203 e. The lowest BCUT2D eigenvalue weighted by Gasteiger charge is -2.15. The predicted molar refractivity (Wildman–Crippen MR) is 86.9 cm³/mol. The average molecular weight is 383 g/mol. The Kier molecular flexibility index (Phi) is 5.11. The second kappa shape index (κ2) is 6.83. The van der Waals surface area contributed by atoms with Crippen molar-refractivity contribution in [2.24, 2.45) is 0 Å². The van der Waals surface area contributed by atoms with Gasteiger partial charge in [0.2, 0.25) is 5.75 Å². The van der Waals surface area contributed by atoms with Gasteiger partial charge < -0.3 is 14.2 Å². The number of hydrogen-bond acceptors (Lipinski definition) is 3. The standard InChI is InChI=1S/C16H16IO3/c1-18-14-9-6-12(15(19-2)16(14)20-3)10-11-4-7-13(17)8-5-11/h4-5,7-9H,10H2,1-3H3. The lowest BCUT2D eigenvalue weighted by Crippen LogP contribution is -2.00. The van der Waals surface area contributed by atoms with Crippen molar-refractivity contribution in [1.29, 1.82) is 0 Å². The van der Waals surface area contributed by atoms with Crippen molar-refractivity contribution in [3.05, 3.63) is 51.1 Å². The van der Waals surface area contributed by atoms with Crippen molar-refractivity contribution in [2.75, 3.05) is 21.3 Å². The number of methoxy groups -OCH3 is 3. The Hall–Kier alpha value is -1.43. The second-order valence-corrected chi connectivity index (χ2v) is 5.45. The van der Waals surface area contributed by atoms with Crippen LogP contribution in [0.2, 0.25) is 0 Å². The molecule has 0 aromatic heterocycles. The van der Waals surface area contributed by atoms with E-state index < -0.39 is 0 Å².